The van der Waals surface area contributed by atoms with E-state index in [0.717, 1.165) is 38.3 Å². The molecule has 1 saturated heterocycles. The molecule has 0 amide bonds. The van der Waals surface area contributed by atoms with E-state index in [1.165, 1.54) is 50.8 Å². The number of hydrogen-bond acceptors (Lipinski definition) is 3. The van der Waals surface area contributed by atoms with Gasteiger partial charge in [-0.1, -0.05) is 25.0 Å². The fraction of sp³-hybridized carbons (Fsp3) is 0.684. The minimum Gasteiger partial charge on any atom is -0.492 e. The van der Waals surface area contributed by atoms with Gasteiger partial charge < -0.3 is 9.47 Å². The zero-order chi connectivity index (χ0) is 15.5. The third-order valence-electron chi connectivity index (χ3n) is 4.34. The molecule has 124 valence electrons. The first-order valence-corrected chi connectivity index (χ1v) is 8.81. The molecule has 22 heavy (non-hydrogen) atoms. The molecule has 1 aromatic carbocycles. The zero-order valence-corrected chi connectivity index (χ0v) is 14.1. The van der Waals surface area contributed by atoms with Crippen molar-refractivity contribution in [1.29, 1.82) is 0 Å². The zero-order valence-electron chi connectivity index (χ0n) is 14.1. The summed E-state index contributed by atoms with van der Waals surface area (Å²) < 4.78 is 11.0. The van der Waals surface area contributed by atoms with E-state index < -0.39 is 0 Å². The van der Waals surface area contributed by atoms with Gasteiger partial charge in [0.25, 0.3) is 0 Å². The number of ether oxygens (including phenoxy) is 2. The van der Waals surface area contributed by atoms with E-state index in [0.29, 0.717) is 0 Å². The number of methoxy groups -OCH3 is 1. The maximum absolute atomic E-state index is 5.93. The number of piperidine rings is 1. The van der Waals surface area contributed by atoms with E-state index in [4.69, 9.17) is 9.47 Å². The Kier molecular flexibility index (Phi) is 8.36. The molecule has 0 bridgehead atoms. The lowest BCUT2D eigenvalue weighted by Crippen LogP contribution is -2.33. The van der Waals surface area contributed by atoms with Crippen molar-refractivity contribution in [2.75, 3.05) is 40.0 Å². The van der Waals surface area contributed by atoms with Crippen LogP contribution in [0.3, 0.4) is 0 Å². The van der Waals surface area contributed by atoms with Gasteiger partial charge in [0.1, 0.15) is 12.4 Å². The number of nitrogens with zero attached hydrogens (tertiary/aromatic N) is 1. The van der Waals surface area contributed by atoms with Gasteiger partial charge in [0.15, 0.2) is 0 Å². The molecule has 3 nitrogen and oxygen atoms in total. The summed E-state index contributed by atoms with van der Waals surface area (Å²) in [7, 11) is 1.77. The molecule has 1 heterocycles. The Morgan fingerprint density at radius 2 is 1.86 bits per heavy atom. The van der Waals surface area contributed by atoms with Crippen LogP contribution in [0.4, 0.5) is 0 Å². The molecule has 0 unspecified atom stereocenters. The normalized spacial score (nSPS) is 15.9. The number of unbranched alkanes of at least 4 members (excludes halogenated alkanes) is 2. The lowest BCUT2D eigenvalue weighted by molar-refractivity contribution is 0.183. The summed E-state index contributed by atoms with van der Waals surface area (Å²) in [6.45, 7) is 5.22. The maximum Gasteiger partial charge on any atom is 0.119 e. The van der Waals surface area contributed by atoms with E-state index in [2.05, 4.69) is 29.2 Å². The Hall–Kier alpha value is -1.06. The molecule has 0 spiro atoms. The van der Waals surface area contributed by atoms with E-state index in [1.807, 2.05) is 0 Å². The van der Waals surface area contributed by atoms with Crippen molar-refractivity contribution in [3.05, 3.63) is 29.8 Å². The molecule has 1 aromatic rings. The molecule has 3 heteroatoms. The minimum absolute atomic E-state index is 0.803. The van der Waals surface area contributed by atoms with Crippen LogP contribution in [0.5, 0.6) is 5.75 Å². The fourth-order valence-electron chi connectivity index (χ4n) is 3.02. The number of likely N-dealkylation sites (tertiary alicyclic amines) is 1. The van der Waals surface area contributed by atoms with Gasteiger partial charge in [-0.15, -0.1) is 0 Å². The average Bonchev–Trinajstić information content (AvgIpc) is 2.56. The lowest BCUT2D eigenvalue weighted by Gasteiger charge is -2.26. The van der Waals surface area contributed by atoms with Gasteiger partial charge in [-0.3, -0.25) is 4.90 Å². The maximum atomic E-state index is 5.93. The van der Waals surface area contributed by atoms with Crippen molar-refractivity contribution in [3.8, 4) is 5.75 Å². The van der Waals surface area contributed by atoms with Crippen molar-refractivity contribution in [2.24, 2.45) is 0 Å². The number of rotatable bonds is 10. The minimum atomic E-state index is 0.803. The summed E-state index contributed by atoms with van der Waals surface area (Å²) in [5, 5.41) is 0. The quantitative estimate of drug-likeness (QED) is 0.612. The summed E-state index contributed by atoms with van der Waals surface area (Å²) in [5.74, 6) is 1.02. The first-order chi connectivity index (χ1) is 10.9. The van der Waals surface area contributed by atoms with Crippen molar-refractivity contribution >= 4 is 0 Å². The Labute approximate surface area is 135 Å². The van der Waals surface area contributed by atoms with E-state index in [1.54, 1.807) is 7.11 Å². The van der Waals surface area contributed by atoms with E-state index in [9.17, 15) is 0 Å². The molecule has 0 radical (unpaired) electrons. The highest BCUT2D eigenvalue weighted by Crippen LogP contribution is 2.16. The highest BCUT2D eigenvalue weighted by Gasteiger charge is 2.09. The van der Waals surface area contributed by atoms with Gasteiger partial charge in [-0.2, -0.15) is 0 Å². The molecule has 2 rings (SSSR count). The van der Waals surface area contributed by atoms with Gasteiger partial charge in [0.2, 0.25) is 0 Å². The highest BCUT2D eigenvalue weighted by molar-refractivity contribution is 5.28. The third-order valence-corrected chi connectivity index (χ3v) is 4.34. The Morgan fingerprint density at radius 3 is 2.68 bits per heavy atom. The van der Waals surface area contributed by atoms with Crippen LogP contribution in [0.1, 0.15) is 44.1 Å². The van der Waals surface area contributed by atoms with Crippen LogP contribution < -0.4 is 4.74 Å². The van der Waals surface area contributed by atoms with Crippen molar-refractivity contribution in [2.45, 2.75) is 44.9 Å². The van der Waals surface area contributed by atoms with Gasteiger partial charge in [0.05, 0.1) is 0 Å². The Morgan fingerprint density at radius 1 is 1.00 bits per heavy atom. The number of hydrogen-bond donors (Lipinski definition) is 0. The topological polar surface area (TPSA) is 21.7 Å². The molecule has 0 saturated carbocycles. The summed E-state index contributed by atoms with van der Waals surface area (Å²) in [5.41, 5.74) is 1.38. The molecule has 0 atom stereocenters. The van der Waals surface area contributed by atoms with Crippen LogP contribution in [0.15, 0.2) is 24.3 Å². The third kappa shape index (κ3) is 6.80. The van der Waals surface area contributed by atoms with Gasteiger partial charge in [-0.25, -0.2) is 0 Å². The largest absolute Gasteiger partial charge is 0.492 e. The van der Waals surface area contributed by atoms with Gasteiger partial charge >= 0.3 is 0 Å². The van der Waals surface area contributed by atoms with Crippen molar-refractivity contribution < 1.29 is 9.47 Å². The fourth-order valence-corrected chi connectivity index (χ4v) is 3.02. The van der Waals surface area contributed by atoms with Crippen molar-refractivity contribution in [1.82, 2.24) is 4.90 Å². The van der Waals surface area contributed by atoms with Crippen LogP contribution in [0.2, 0.25) is 0 Å². The predicted octanol–water partition coefficient (Wildman–Crippen LogP) is 3.91. The van der Waals surface area contributed by atoms with Crippen LogP contribution >= 0.6 is 0 Å². The SMILES string of the molecule is COCCCCCc1cccc(OCCN2CCCCC2)c1. The van der Waals surface area contributed by atoms with E-state index in [-0.39, 0.29) is 0 Å². The van der Waals surface area contributed by atoms with Crippen LogP contribution in [0, 0.1) is 0 Å². The highest BCUT2D eigenvalue weighted by atomic mass is 16.5. The molecule has 0 N–H and O–H groups in total. The average molecular weight is 305 g/mol. The van der Waals surface area contributed by atoms with Crippen LogP contribution in [0.25, 0.3) is 0 Å². The van der Waals surface area contributed by atoms with Crippen LogP contribution in [-0.4, -0.2) is 44.9 Å². The Balaban J connectivity index is 1.64. The second-order valence-electron chi connectivity index (χ2n) is 6.20. The molecular formula is C19H31NO2. The molecular weight excluding hydrogens is 274 g/mol. The number of benzene rings is 1. The van der Waals surface area contributed by atoms with E-state index >= 15 is 0 Å². The first-order valence-electron chi connectivity index (χ1n) is 8.81. The number of aryl methyl sites for hydroxylation is 1. The van der Waals surface area contributed by atoms with Gasteiger partial charge in [-0.05, 0) is 62.9 Å². The summed E-state index contributed by atoms with van der Waals surface area (Å²) in [4.78, 5) is 2.52. The second kappa shape index (κ2) is 10.6. The monoisotopic (exact) mass is 305 g/mol. The summed E-state index contributed by atoms with van der Waals surface area (Å²) in [6, 6.07) is 8.59. The molecule has 1 aliphatic rings. The Bertz CT molecular complexity index is 402. The predicted molar refractivity (Wildman–Crippen MR) is 91.7 cm³/mol. The summed E-state index contributed by atoms with van der Waals surface area (Å²) >= 11 is 0. The summed E-state index contributed by atoms with van der Waals surface area (Å²) in [6.07, 6.45) is 8.82. The molecule has 1 fully saturated rings. The van der Waals surface area contributed by atoms with Crippen LogP contribution in [-0.2, 0) is 11.2 Å². The van der Waals surface area contributed by atoms with Gasteiger partial charge in [0, 0.05) is 20.3 Å². The molecule has 1 aliphatic heterocycles. The smallest absolute Gasteiger partial charge is 0.119 e. The molecule has 0 aliphatic carbocycles. The van der Waals surface area contributed by atoms with Crippen molar-refractivity contribution in [3.63, 3.8) is 0 Å². The molecule has 0 aromatic heterocycles. The second-order valence-corrected chi connectivity index (χ2v) is 6.20. The standard InChI is InChI=1S/C19H31NO2/c1-21-15-7-2-4-9-18-10-8-11-19(17-18)22-16-14-20-12-5-3-6-13-20/h8,10-11,17H,2-7,9,12-16H2,1H3. The lowest BCUT2D eigenvalue weighted by atomic mass is 10.1. The first kappa shape index (κ1) is 17.3.